The zero-order valence-corrected chi connectivity index (χ0v) is 11.3. The minimum atomic E-state index is -1.05. The van der Waals surface area contributed by atoms with Crippen molar-refractivity contribution in [2.45, 2.75) is 6.92 Å². The normalized spacial score (nSPS) is 10.9. The zero-order valence-electron chi connectivity index (χ0n) is 10.5. The molecule has 0 aliphatic heterocycles. The van der Waals surface area contributed by atoms with E-state index in [0.717, 1.165) is 5.39 Å². The highest BCUT2D eigenvalue weighted by atomic mass is 35.5. The molecule has 0 bridgehead atoms. The molecular weight excluding hydrogens is 278 g/mol. The van der Waals surface area contributed by atoms with E-state index in [9.17, 15) is 9.90 Å². The maximum absolute atomic E-state index is 11.4. The van der Waals surface area contributed by atoms with Crippen molar-refractivity contribution in [3.63, 3.8) is 0 Å². The standard InChI is InChI=1S/C14H10ClN3O2/c1-8-11(15)7-18(17-8)13-10(14(19)20)6-9-4-2-3-5-12(9)16-13/h2-7H,1H3,(H,19,20). The first-order chi connectivity index (χ1) is 9.56. The maximum atomic E-state index is 11.4. The van der Waals surface area contributed by atoms with Crippen LogP contribution in [0.2, 0.25) is 5.02 Å². The second-order valence-corrected chi connectivity index (χ2v) is 4.77. The van der Waals surface area contributed by atoms with Crippen LogP contribution in [0.3, 0.4) is 0 Å². The van der Waals surface area contributed by atoms with Crippen molar-refractivity contribution in [2.75, 3.05) is 0 Å². The van der Waals surface area contributed by atoms with Gasteiger partial charge in [0, 0.05) is 5.39 Å². The van der Waals surface area contributed by atoms with Crippen molar-refractivity contribution < 1.29 is 9.90 Å². The lowest BCUT2D eigenvalue weighted by atomic mass is 10.1. The number of hydrogen-bond donors (Lipinski definition) is 1. The van der Waals surface area contributed by atoms with Crippen LogP contribution in [0.25, 0.3) is 16.7 Å². The van der Waals surface area contributed by atoms with Crippen molar-refractivity contribution in [1.29, 1.82) is 0 Å². The van der Waals surface area contributed by atoms with Gasteiger partial charge in [-0.25, -0.2) is 14.5 Å². The van der Waals surface area contributed by atoms with Crippen molar-refractivity contribution >= 4 is 28.5 Å². The summed E-state index contributed by atoms with van der Waals surface area (Å²) in [4.78, 5) is 15.8. The first-order valence-electron chi connectivity index (χ1n) is 5.91. The van der Waals surface area contributed by atoms with Gasteiger partial charge in [0.05, 0.1) is 22.4 Å². The third-order valence-electron chi connectivity index (χ3n) is 2.99. The highest BCUT2D eigenvalue weighted by Crippen LogP contribution is 2.22. The fourth-order valence-electron chi connectivity index (χ4n) is 1.99. The highest BCUT2D eigenvalue weighted by molar-refractivity contribution is 6.31. The maximum Gasteiger partial charge on any atom is 0.339 e. The van der Waals surface area contributed by atoms with Gasteiger partial charge in [-0.05, 0) is 19.1 Å². The van der Waals surface area contributed by atoms with Crippen molar-refractivity contribution in [2.24, 2.45) is 0 Å². The van der Waals surface area contributed by atoms with Crippen molar-refractivity contribution in [1.82, 2.24) is 14.8 Å². The molecule has 100 valence electrons. The minimum absolute atomic E-state index is 0.0860. The molecule has 0 radical (unpaired) electrons. The Bertz CT molecular complexity index is 807. The van der Waals surface area contributed by atoms with Crippen LogP contribution in [0, 0.1) is 6.92 Å². The van der Waals surface area contributed by atoms with Crippen LogP contribution in [0.4, 0.5) is 0 Å². The lowest BCUT2D eigenvalue weighted by Crippen LogP contribution is -2.08. The zero-order chi connectivity index (χ0) is 14.3. The summed E-state index contributed by atoms with van der Waals surface area (Å²) in [7, 11) is 0. The Kier molecular flexibility index (Phi) is 2.91. The van der Waals surface area contributed by atoms with Crippen LogP contribution in [-0.2, 0) is 0 Å². The molecule has 0 aliphatic rings. The lowest BCUT2D eigenvalue weighted by Gasteiger charge is -2.07. The van der Waals surface area contributed by atoms with Crippen LogP contribution in [0.5, 0.6) is 0 Å². The number of aromatic nitrogens is 3. The number of aryl methyl sites for hydroxylation is 1. The third kappa shape index (κ3) is 2.02. The molecule has 3 aromatic rings. The number of para-hydroxylation sites is 1. The van der Waals surface area contributed by atoms with E-state index in [0.29, 0.717) is 16.2 Å². The summed E-state index contributed by atoms with van der Waals surface area (Å²) >= 11 is 5.97. The van der Waals surface area contributed by atoms with Gasteiger partial charge in [0.2, 0.25) is 0 Å². The number of aromatic carboxylic acids is 1. The first-order valence-corrected chi connectivity index (χ1v) is 6.29. The number of pyridine rings is 1. The molecule has 1 N–H and O–H groups in total. The van der Waals surface area contributed by atoms with Gasteiger partial charge in [-0.1, -0.05) is 29.8 Å². The second-order valence-electron chi connectivity index (χ2n) is 4.36. The Balaban J connectivity index is 2.32. The Hall–Kier alpha value is -2.40. The molecule has 2 heterocycles. The van der Waals surface area contributed by atoms with Gasteiger partial charge in [0.25, 0.3) is 0 Å². The fourth-order valence-corrected chi connectivity index (χ4v) is 2.12. The van der Waals surface area contributed by atoms with Crippen molar-refractivity contribution in [3.8, 4) is 5.82 Å². The predicted octanol–water partition coefficient (Wildman–Crippen LogP) is 3.08. The van der Waals surface area contributed by atoms with E-state index in [2.05, 4.69) is 10.1 Å². The van der Waals surface area contributed by atoms with E-state index < -0.39 is 5.97 Å². The van der Waals surface area contributed by atoms with Crippen LogP contribution in [-0.4, -0.2) is 25.8 Å². The number of nitrogens with zero attached hydrogens (tertiary/aromatic N) is 3. The summed E-state index contributed by atoms with van der Waals surface area (Å²) < 4.78 is 1.40. The molecule has 0 fully saturated rings. The van der Waals surface area contributed by atoms with Gasteiger partial charge in [-0.2, -0.15) is 5.10 Å². The largest absolute Gasteiger partial charge is 0.478 e. The summed E-state index contributed by atoms with van der Waals surface area (Å²) in [5.41, 5.74) is 1.41. The third-order valence-corrected chi connectivity index (χ3v) is 3.36. The molecule has 0 atom stereocenters. The molecule has 0 amide bonds. The van der Waals surface area contributed by atoms with Crippen molar-refractivity contribution in [3.05, 3.63) is 52.8 Å². The Morgan fingerprint density at radius 2 is 2.10 bits per heavy atom. The molecule has 0 spiro atoms. The van der Waals surface area contributed by atoms with Crippen LogP contribution < -0.4 is 0 Å². The number of carboxylic acids is 1. The SMILES string of the molecule is Cc1nn(-c2nc3ccccc3cc2C(=O)O)cc1Cl. The van der Waals surface area contributed by atoms with E-state index in [4.69, 9.17) is 11.6 Å². The van der Waals surface area contributed by atoms with Crippen LogP contribution >= 0.6 is 11.6 Å². The second kappa shape index (κ2) is 4.61. The number of carboxylic acid groups (broad SMARTS) is 1. The Labute approximate surface area is 119 Å². The smallest absolute Gasteiger partial charge is 0.339 e. The molecule has 3 rings (SSSR count). The van der Waals surface area contributed by atoms with Gasteiger partial charge >= 0.3 is 5.97 Å². The number of halogens is 1. The van der Waals surface area contributed by atoms with E-state index >= 15 is 0 Å². The molecule has 2 aromatic heterocycles. The number of fused-ring (bicyclic) bond motifs is 1. The van der Waals surface area contributed by atoms with Gasteiger partial charge in [-0.15, -0.1) is 0 Å². The lowest BCUT2D eigenvalue weighted by molar-refractivity contribution is 0.0696. The van der Waals surface area contributed by atoms with E-state index in [1.165, 1.54) is 4.68 Å². The van der Waals surface area contributed by atoms with Crippen LogP contribution in [0.15, 0.2) is 36.5 Å². The summed E-state index contributed by atoms with van der Waals surface area (Å²) in [6.07, 6.45) is 1.56. The summed E-state index contributed by atoms with van der Waals surface area (Å²) in [6.45, 7) is 1.75. The highest BCUT2D eigenvalue weighted by Gasteiger charge is 2.16. The summed E-state index contributed by atoms with van der Waals surface area (Å²) in [5, 5.41) is 14.8. The fraction of sp³-hybridized carbons (Fsp3) is 0.0714. The average Bonchev–Trinajstić information content (AvgIpc) is 2.77. The van der Waals surface area contributed by atoms with Crippen LogP contribution in [0.1, 0.15) is 16.1 Å². The Morgan fingerprint density at radius 1 is 1.35 bits per heavy atom. The van der Waals surface area contributed by atoms with Gasteiger partial charge in [-0.3, -0.25) is 0 Å². The molecule has 0 unspecified atom stereocenters. The molecule has 1 aromatic carbocycles. The topological polar surface area (TPSA) is 68.0 Å². The van der Waals surface area contributed by atoms with E-state index in [1.54, 1.807) is 19.2 Å². The predicted molar refractivity (Wildman–Crippen MR) is 75.6 cm³/mol. The number of carbonyl (C=O) groups is 1. The molecule has 6 heteroatoms. The molecule has 0 saturated heterocycles. The number of rotatable bonds is 2. The molecule has 0 saturated carbocycles. The summed E-state index contributed by atoms with van der Waals surface area (Å²) in [6, 6.07) is 8.92. The average molecular weight is 288 g/mol. The number of hydrogen-bond acceptors (Lipinski definition) is 3. The first kappa shape index (κ1) is 12.6. The van der Waals surface area contributed by atoms with Gasteiger partial charge < -0.3 is 5.11 Å². The van der Waals surface area contributed by atoms with E-state index in [1.807, 2.05) is 24.3 Å². The van der Waals surface area contributed by atoms with E-state index in [-0.39, 0.29) is 11.4 Å². The number of benzene rings is 1. The Morgan fingerprint density at radius 3 is 2.75 bits per heavy atom. The quantitative estimate of drug-likeness (QED) is 0.786. The molecule has 0 aliphatic carbocycles. The van der Waals surface area contributed by atoms with Gasteiger partial charge in [0.15, 0.2) is 5.82 Å². The molecular formula is C14H10ClN3O2. The summed E-state index contributed by atoms with van der Waals surface area (Å²) in [5.74, 6) is -0.797. The van der Waals surface area contributed by atoms with Gasteiger partial charge in [0.1, 0.15) is 5.56 Å². The minimum Gasteiger partial charge on any atom is -0.478 e. The monoisotopic (exact) mass is 287 g/mol. The molecule has 5 nitrogen and oxygen atoms in total. The molecule has 20 heavy (non-hydrogen) atoms.